The van der Waals surface area contributed by atoms with Gasteiger partial charge in [0, 0.05) is 30.2 Å². The molecule has 0 saturated carbocycles. The molecule has 9 nitrogen and oxygen atoms in total. The summed E-state index contributed by atoms with van der Waals surface area (Å²) in [6.45, 7) is 7.85. The average Bonchev–Trinajstić information content (AvgIpc) is 3.24. The summed E-state index contributed by atoms with van der Waals surface area (Å²) in [4.78, 5) is 37.4. The van der Waals surface area contributed by atoms with Crippen molar-refractivity contribution in [3.05, 3.63) is 81.0 Å². The van der Waals surface area contributed by atoms with E-state index in [1.54, 1.807) is 52.8 Å². The number of aryl methyl sites for hydroxylation is 2. The Kier molecular flexibility index (Phi) is 8.34. The van der Waals surface area contributed by atoms with Crippen molar-refractivity contribution in [1.29, 1.82) is 0 Å². The summed E-state index contributed by atoms with van der Waals surface area (Å²) in [5.41, 5.74) is 1.88. The van der Waals surface area contributed by atoms with E-state index in [4.69, 9.17) is 20.8 Å². The van der Waals surface area contributed by atoms with E-state index in [0.29, 0.717) is 33.0 Å². The van der Waals surface area contributed by atoms with E-state index in [0.717, 1.165) is 5.56 Å². The van der Waals surface area contributed by atoms with E-state index in [9.17, 15) is 18.4 Å². The number of alkyl halides is 1. The molecule has 0 spiro atoms. The topological polar surface area (TPSA) is 119 Å². The van der Waals surface area contributed by atoms with Gasteiger partial charge in [-0.15, -0.1) is 0 Å². The highest BCUT2D eigenvalue weighted by atomic mass is 35.5. The number of amides is 2. The van der Waals surface area contributed by atoms with Gasteiger partial charge in [0.05, 0.1) is 5.02 Å². The Balaban J connectivity index is 1.47. The molecule has 0 aliphatic rings. The number of carbonyl (C=O) groups excluding carboxylic acids is 2. The predicted molar refractivity (Wildman–Crippen MR) is 146 cm³/mol. The molecule has 0 fully saturated rings. The number of hydrogen-bond acceptors (Lipinski definition) is 7. The second-order valence-electron chi connectivity index (χ2n) is 10.2. The molecule has 0 aliphatic heterocycles. The quantitative estimate of drug-likeness (QED) is 0.265. The highest BCUT2D eigenvalue weighted by Crippen LogP contribution is 2.24. The molecule has 4 aromatic rings. The van der Waals surface area contributed by atoms with Gasteiger partial charge in [0.25, 0.3) is 5.91 Å². The van der Waals surface area contributed by atoms with Crippen LogP contribution in [0.3, 0.4) is 0 Å². The lowest BCUT2D eigenvalue weighted by Gasteiger charge is -2.20. The number of anilines is 1. The number of pyridine rings is 2. The Labute approximate surface area is 234 Å². The van der Waals surface area contributed by atoms with Crippen LogP contribution in [0.5, 0.6) is 0 Å². The van der Waals surface area contributed by atoms with Crippen molar-refractivity contribution in [3.8, 4) is 0 Å². The maximum atomic E-state index is 14.5. The third kappa shape index (κ3) is 6.90. The Morgan fingerprint density at radius 3 is 2.55 bits per heavy atom. The Morgan fingerprint density at radius 1 is 1.12 bits per heavy atom. The van der Waals surface area contributed by atoms with Gasteiger partial charge in [-0.05, 0) is 75.6 Å². The van der Waals surface area contributed by atoms with Crippen LogP contribution in [0.4, 0.5) is 19.4 Å². The lowest BCUT2D eigenvalue weighted by molar-refractivity contribution is 0.0635. The van der Waals surface area contributed by atoms with Gasteiger partial charge in [0.2, 0.25) is 5.76 Å². The summed E-state index contributed by atoms with van der Waals surface area (Å²) in [5.74, 6) is -1.12. The fourth-order valence-corrected chi connectivity index (χ4v) is 4.27. The summed E-state index contributed by atoms with van der Waals surface area (Å²) >= 11 is 5.98. The zero-order chi connectivity index (χ0) is 29.2. The molecule has 0 radical (unpaired) electrons. The number of nitrogens with zero attached hydrogens (tertiary/aromatic N) is 3. The summed E-state index contributed by atoms with van der Waals surface area (Å²) < 4.78 is 39.1. The number of nitrogens with one attached hydrogen (secondary N) is 2. The van der Waals surface area contributed by atoms with Crippen molar-refractivity contribution < 1.29 is 27.5 Å². The van der Waals surface area contributed by atoms with E-state index >= 15 is 0 Å². The molecule has 3 aromatic heterocycles. The lowest BCUT2D eigenvalue weighted by Crippen LogP contribution is -2.28. The van der Waals surface area contributed by atoms with Crippen molar-refractivity contribution in [2.75, 3.05) is 5.32 Å². The van der Waals surface area contributed by atoms with Crippen LogP contribution in [0.1, 0.15) is 65.3 Å². The number of halogens is 3. The molecule has 0 unspecified atom stereocenters. The second kappa shape index (κ2) is 11.5. The maximum absolute atomic E-state index is 14.5. The van der Waals surface area contributed by atoms with Crippen LogP contribution in [0.15, 0.2) is 34.9 Å². The molecule has 40 heavy (non-hydrogen) atoms. The van der Waals surface area contributed by atoms with Crippen LogP contribution >= 0.6 is 11.6 Å². The van der Waals surface area contributed by atoms with E-state index in [1.165, 1.54) is 12.3 Å². The molecule has 0 bridgehead atoms. The summed E-state index contributed by atoms with van der Waals surface area (Å²) in [5, 5.41) is 6.14. The second-order valence-corrected chi connectivity index (χ2v) is 10.6. The molecule has 210 valence electrons. The first-order valence-electron chi connectivity index (χ1n) is 12.4. The van der Waals surface area contributed by atoms with Gasteiger partial charge >= 0.3 is 6.09 Å². The normalized spacial score (nSPS) is 11.5. The monoisotopic (exact) mass is 571 g/mol. The van der Waals surface area contributed by atoms with Crippen molar-refractivity contribution in [2.24, 2.45) is 0 Å². The summed E-state index contributed by atoms with van der Waals surface area (Å²) in [6, 6.07) is 6.19. The number of benzene rings is 1. The molecule has 3 heterocycles. The molecular formula is C28H28ClF2N5O4. The standard InChI is InChI=1S/C28H28ClF2N5O4/c1-14-6-22(36-27(38)40-28(3,4)5)34-15(2)19(14)13-33-26(37)25-21(11-30)35-23(39-25)9-16-7-17-10-18(29)12-32-24(17)20(31)8-16/h6-8,10,12H,9,11,13H2,1-5H3,(H,33,37)(H,34,36,38). The Hall–Kier alpha value is -4.12. The summed E-state index contributed by atoms with van der Waals surface area (Å²) in [6.07, 6.45) is 0.744. The first kappa shape index (κ1) is 28.9. The molecule has 12 heteroatoms. The van der Waals surface area contributed by atoms with Crippen LogP contribution in [0.25, 0.3) is 10.9 Å². The van der Waals surface area contributed by atoms with Gasteiger partial charge in [-0.3, -0.25) is 15.1 Å². The molecule has 0 atom stereocenters. The summed E-state index contributed by atoms with van der Waals surface area (Å²) in [7, 11) is 0. The smallest absolute Gasteiger partial charge is 0.413 e. The fraction of sp³-hybridized carbons (Fsp3) is 0.321. The van der Waals surface area contributed by atoms with Crippen LogP contribution in [0.2, 0.25) is 5.02 Å². The first-order valence-corrected chi connectivity index (χ1v) is 12.7. The van der Waals surface area contributed by atoms with Gasteiger partial charge < -0.3 is 14.5 Å². The molecule has 2 N–H and O–H groups in total. The van der Waals surface area contributed by atoms with E-state index in [2.05, 4.69) is 25.6 Å². The SMILES string of the molecule is Cc1cc(NC(=O)OC(C)(C)C)nc(C)c1CNC(=O)c1oc(Cc2cc(F)c3ncc(Cl)cc3c2)nc1CF. The zero-order valence-electron chi connectivity index (χ0n) is 22.6. The van der Waals surface area contributed by atoms with E-state index < -0.39 is 30.1 Å². The Morgan fingerprint density at radius 2 is 1.88 bits per heavy atom. The predicted octanol–water partition coefficient (Wildman–Crippen LogP) is 6.36. The van der Waals surface area contributed by atoms with Crippen molar-refractivity contribution in [3.63, 3.8) is 0 Å². The fourth-order valence-electron chi connectivity index (χ4n) is 4.10. The van der Waals surface area contributed by atoms with Crippen LogP contribution in [-0.4, -0.2) is 32.6 Å². The van der Waals surface area contributed by atoms with Crippen molar-refractivity contribution >= 4 is 40.3 Å². The van der Waals surface area contributed by atoms with E-state index in [1.807, 2.05) is 0 Å². The first-order chi connectivity index (χ1) is 18.8. The number of carbonyl (C=O) groups is 2. The minimum Gasteiger partial charge on any atom is -0.444 e. The number of oxazole rings is 1. The highest BCUT2D eigenvalue weighted by Gasteiger charge is 2.22. The molecule has 0 saturated heterocycles. The number of aromatic nitrogens is 3. The van der Waals surface area contributed by atoms with E-state index in [-0.39, 0.29) is 35.8 Å². The average molecular weight is 572 g/mol. The number of rotatable bonds is 7. The van der Waals surface area contributed by atoms with Crippen molar-refractivity contribution in [1.82, 2.24) is 20.3 Å². The van der Waals surface area contributed by atoms with Gasteiger partial charge in [0.15, 0.2) is 5.89 Å². The van der Waals surface area contributed by atoms with Crippen molar-refractivity contribution in [2.45, 2.75) is 59.9 Å². The van der Waals surface area contributed by atoms with Gasteiger partial charge in [-0.2, -0.15) is 0 Å². The minimum atomic E-state index is -1.03. The molecular weight excluding hydrogens is 544 g/mol. The lowest BCUT2D eigenvalue weighted by atomic mass is 10.1. The van der Waals surface area contributed by atoms with Crippen LogP contribution < -0.4 is 10.6 Å². The molecule has 2 amide bonds. The largest absolute Gasteiger partial charge is 0.444 e. The van der Waals surface area contributed by atoms with Gasteiger partial charge in [0.1, 0.15) is 35.1 Å². The number of fused-ring (bicyclic) bond motifs is 1. The third-order valence-electron chi connectivity index (χ3n) is 5.80. The number of hydrogen-bond donors (Lipinski definition) is 2. The van der Waals surface area contributed by atoms with Gasteiger partial charge in [-0.25, -0.2) is 23.5 Å². The maximum Gasteiger partial charge on any atom is 0.413 e. The zero-order valence-corrected chi connectivity index (χ0v) is 23.4. The number of ether oxygens (including phenoxy) is 1. The minimum absolute atomic E-state index is 0.0217. The van der Waals surface area contributed by atoms with Crippen LogP contribution in [0, 0.1) is 19.7 Å². The Bertz CT molecular complexity index is 1580. The van der Waals surface area contributed by atoms with Gasteiger partial charge in [-0.1, -0.05) is 11.6 Å². The molecule has 1 aromatic carbocycles. The molecule has 4 rings (SSSR count). The van der Waals surface area contributed by atoms with Crippen LogP contribution in [-0.2, 0) is 24.4 Å². The highest BCUT2D eigenvalue weighted by molar-refractivity contribution is 6.31. The third-order valence-corrected chi connectivity index (χ3v) is 6.01. The molecule has 0 aliphatic carbocycles.